The Bertz CT molecular complexity index is 1570. The third-order valence-corrected chi connectivity index (χ3v) is 7.92. The van der Waals surface area contributed by atoms with Crippen molar-refractivity contribution in [1.82, 2.24) is 24.4 Å². The molecule has 6 rings (SSSR count). The molecule has 0 spiro atoms. The molecule has 2 saturated heterocycles. The lowest BCUT2D eigenvalue weighted by Crippen LogP contribution is -2.50. The molecule has 0 saturated carbocycles. The summed E-state index contributed by atoms with van der Waals surface area (Å²) >= 11 is 6.78. The van der Waals surface area contributed by atoms with Crippen LogP contribution in [0.3, 0.4) is 0 Å². The molecule has 186 valence electrons. The number of rotatable bonds is 4. The molecule has 2 fully saturated rings. The van der Waals surface area contributed by atoms with Crippen molar-refractivity contribution in [1.29, 1.82) is 0 Å². The number of hydrogen-bond acceptors (Lipinski definition) is 6. The highest BCUT2D eigenvalue weighted by Gasteiger charge is 2.42. The first kappa shape index (κ1) is 22.8. The third-order valence-electron chi connectivity index (χ3n) is 7.52. The van der Waals surface area contributed by atoms with Crippen LogP contribution in [0, 0.1) is 0 Å². The first-order valence-corrected chi connectivity index (χ1v) is 12.3. The van der Waals surface area contributed by atoms with Gasteiger partial charge in [0.05, 0.1) is 11.2 Å². The van der Waals surface area contributed by atoms with Crippen molar-refractivity contribution in [3.63, 3.8) is 0 Å². The molecule has 3 N–H and O–H groups in total. The molecule has 3 aromatic heterocycles. The van der Waals surface area contributed by atoms with Crippen LogP contribution in [0.4, 0.5) is 10.6 Å². The van der Waals surface area contributed by atoms with Crippen LogP contribution in [0.25, 0.3) is 33.1 Å². The summed E-state index contributed by atoms with van der Waals surface area (Å²) in [7, 11) is 1.70. The molecule has 4 aromatic rings. The Morgan fingerprint density at radius 3 is 2.61 bits per heavy atom. The standard InChI is InChI=1S/C25H25ClN6O4/c1-30-7-6-17-18(24(30)34)5-4-16(21(17)26)19-11-31(12-33)23-22(19)27-10-20(29-23)32-14-2-3-15(32)9-13(8-14)28-25(35)36/h4-7,10-11,13-15,28,33H,2-3,8-9,12H2,1H3,(H,35,36)/t13-,14+,15-. The van der Waals surface area contributed by atoms with Gasteiger partial charge in [0.25, 0.3) is 5.56 Å². The van der Waals surface area contributed by atoms with Crippen LogP contribution in [0.5, 0.6) is 0 Å². The number of pyridine rings is 1. The van der Waals surface area contributed by atoms with Crippen molar-refractivity contribution in [2.45, 2.75) is 50.5 Å². The molecule has 2 aliphatic rings. The largest absolute Gasteiger partial charge is 0.465 e. The Hall–Kier alpha value is -3.63. The van der Waals surface area contributed by atoms with Gasteiger partial charge in [0.1, 0.15) is 18.1 Å². The Labute approximate surface area is 210 Å². The lowest BCUT2D eigenvalue weighted by atomic mass is 9.97. The van der Waals surface area contributed by atoms with E-state index in [1.165, 1.54) is 4.57 Å². The summed E-state index contributed by atoms with van der Waals surface area (Å²) in [6.45, 7) is -0.280. The second-order valence-electron chi connectivity index (χ2n) is 9.58. The van der Waals surface area contributed by atoms with Crippen LogP contribution in [0.1, 0.15) is 25.7 Å². The highest BCUT2D eigenvalue weighted by atomic mass is 35.5. The fourth-order valence-electron chi connectivity index (χ4n) is 5.91. The lowest BCUT2D eigenvalue weighted by Gasteiger charge is -2.39. The lowest BCUT2D eigenvalue weighted by molar-refractivity contribution is 0.185. The van der Waals surface area contributed by atoms with E-state index < -0.39 is 6.09 Å². The van der Waals surface area contributed by atoms with Crippen molar-refractivity contribution in [3.8, 4) is 11.1 Å². The molecule has 0 aliphatic carbocycles. The molecule has 0 radical (unpaired) electrons. The predicted octanol–water partition coefficient (Wildman–Crippen LogP) is 3.32. The monoisotopic (exact) mass is 508 g/mol. The van der Waals surface area contributed by atoms with Gasteiger partial charge in [-0.25, -0.2) is 14.8 Å². The number of carbonyl (C=O) groups is 1. The number of aliphatic hydroxyl groups is 1. The number of fused-ring (bicyclic) bond motifs is 4. The van der Waals surface area contributed by atoms with E-state index in [2.05, 4.69) is 10.2 Å². The number of amides is 1. The van der Waals surface area contributed by atoms with Crippen LogP contribution < -0.4 is 15.8 Å². The van der Waals surface area contributed by atoms with E-state index in [-0.39, 0.29) is 30.4 Å². The maximum Gasteiger partial charge on any atom is 0.404 e. The van der Waals surface area contributed by atoms with E-state index in [9.17, 15) is 14.7 Å². The summed E-state index contributed by atoms with van der Waals surface area (Å²) in [6.07, 6.45) is 7.61. The molecule has 0 unspecified atom stereocenters. The zero-order valence-electron chi connectivity index (χ0n) is 19.6. The molecule has 5 heterocycles. The molecule has 10 nitrogen and oxygen atoms in total. The average molecular weight is 509 g/mol. The number of benzene rings is 1. The number of aliphatic hydroxyl groups excluding tert-OH is 1. The molecular formula is C25H25ClN6O4. The maximum atomic E-state index is 12.5. The smallest absolute Gasteiger partial charge is 0.404 e. The van der Waals surface area contributed by atoms with Crippen molar-refractivity contribution in [3.05, 3.63) is 52.2 Å². The number of carboxylic acid groups (broad SMARTS) is 1. The van der Waals surface area contributed by atoms with Crippen molar-refractivity contribution < 1.29 is 15.0 Å². The second kappa shape index (κ2) is 8.49. The summed E-state index contributed by atoms with van der Waals surface area (Å²) in [5.74, 6) is 0.719. The highest BCUT2D eigenvalue weighted by molar-refractivity contribution is 6.38. The van der Waals surface area contributed by atoms with Gasteiger partial charge in [-0.05, 0) is 37.8 Å². The van der Waals surface area contributed by atoms with Crippen LogP contribution in [0.15, 0.2) is 41.6 Å². The van der Waals surface area contributed by atoms with Crippen LogP contribution >= 0.6 is 11.6 Å². The first-order valence-electron chi connectivity index (χ1n) is 11.9. The number of anilines is 1. The zero-order chi connectivity index (χ0) is 25.1. The third kappa shape index (κ3) is 3.51. The van der Waals surface area contributed by atoms with E-state index >= 15 is 0 Å². The number of hydrogen-bond donors (Lipinski definition) is 3. The molecule has 2 aliphatic heterocycles. The van der Waals surface area contributed by atoms with Crippen LogP contribution in [0.2, 0.25) is 5.02 Å². The predicted molar refractivity (Wildman–Crippen MR) is 136 cm³/mol. The Kier molecular flexibility index (Phi) is 5.38. The van der Waals surface area contributed by atoms with Crippen molar-refractivity contribution in [2.75, 3.05) is 4.90 Å². The average Bonchev–Trinajstić information content (AvgIpc) is 3.35. The quantitative estimate of drug-likeness (QED) is 0.386. The Morgan fingerprint density at radius 2 is 1.92 bits per heavy atom. The number of piperidine rings is 1. The molecule has 1 amide bonds. The van der Waals surface area contributed by atoms with Gasteiger partial charge in [-0.15, -0.1) is 0 Å². The fraction of sp³-hybridized carbons (Fsp3) is 0.360. The maximum absolute atomic E-state index is 12.5. The van der Waals surface area contributed by atoms with Gasteiger partial charge in [-0.1, -0.05) is 17.7 Å². The normalized spacial score (nSPS) is 21.4. The minimum atomic E-state index is -0.991. The summed E-state index contributed by atoms with van der Waals surface area (Å²) in [5.41, 5.74) is 2.44. The van der Waals surface area contributed by atoms with Gasteiger partial charge in [-0.2, -0.15) is 0 Å². The summed E-state index contributed by atoms with van der Waals surface area (Å²) in [5, 5.41) is 23.5. The topological polar surface area (TPSA) is 126 Å². The van der Waals surface area contributed by atoms with Crippen molar-refractivity contribution >= 4 is 45.4 Å². The number of halogens is 1. The summed E-state index contributed by atoms with van der Waals surface area (Å²) < 4.78 is 3.14. The second-order valence-corrected chi connectivity index (χ2v) is 9.96. The molecule has 1 aromatic carbocycles. The SMILES string of the molecule is Cn1ccc2c(Cl)c(-c3cn(CO)c4nc(N5[C@@H]6CC[C@H]5C[C@@H](NC(=O)O)C6)cnc34)ccc2c1=O. The molecule has 2 bridgehead atoms. The molecule has 36 heavy (non-hydrogen) atoms. The zero-order valence-corrected chi connectivity index (χ0v) is 20.3. The number of aromatic nitrogens is 4. The van der Waals surface area contributed by atoms with Crippen molar-refractivity contribution in [2.24, 2.45) is 7.05 Å². The fourth-order valence-corrected chi connectivity index (χ4v) is 6.24. The van der Waals surface area contributed by atoms with E-state index in [0.717, 1.165) is 37.1 Å². The van der Waals surface area contributed by atoms with Gasteiger partial charge in [-0.3, -0.25) is 4.79 Å². The number of aryl methyl sites for hydroxylation is 1. The van der Waals surface area contributed by atoms with E-state index in [1.54, 1.807) is 42.3 Å². The van der Waals surface area contributed by atoms with E-state index in [1.807, 2.05) is 6.07 Å². The Morgan fingerprint density at radius 1 is 1.17 bits per heavy atom. The molecular weight excluding hydrogens is 484 g/mol. The van der Waals surface area contributed by atoms with Gasteiger partial charge in [0.15, 0.2) is 5.65 Å². The summed E-state index contributed by atoms with van der Waals surface area (Å²) in [6, 6.07) is 5.68. The highest BCUT2D eigenvalue weighted by Crippen LogP contribution is 2.41. The molecule has 11 heteroatoms. The number of nitrogens with zero attached hydrogens (tertiary/aromatic N) is 5. The minimum Gasteiger partial charge on any atom is -0.465 e. The van der Waals surface area contributed by atoms with Gasteiger partial charge < -0.3 is 29.6 Å². The Balaban J connectivity index is 1.41. The van der Waals surface area contributed by atoms with E-state index in [0.29, 0.717) is 32.5 Å². The van der Waals surface area contributed by atoms with Crippen LogP contribution in [-0.2, 0) is 13.8 Å². The molecule has 3 atom stereocenters. The van der Waals surface area contributed by atoms with Gasteiger partial charge in [0.2, 0.25) is 0 Å². The van der Waals surface area contributed by atoms with Gasteiger partial charge in [0, 0.05) is 59.5 Å². The first-order chi connectivity index (χ1) is 17.4. The summed E-state index contributed by atoms with van der Waals surface area (Å²) in [4.78, 5) is 35.5. The number of nitrogens with one attached hydrogen (secondary N) is 1. The van der Waals surface area contributed by atoms with Crippen LogP contribution in [-0.4, -0.2) is 53.5 Å². The van der Waals surface area contributed by atoms with Gasteiger partial charge >= 0.3 is 6.09 Å². The minimum absolute atomic E-state index is 0.0623. The van der Waals surface area contributed by atoms with E-state index in [4.69, 9.17) is 26.7 Å².